The van der Waals surface area contributed by atoms with Gasteiger partial charge < -0.3 is 4.90 Å². The molecule has 1 aliphatic rings. The van der Waals surface area contributed by atoms with Crippen molar-refractivity contribution < 1.29 is 4.79 Å². The van der Waals surface area contributed by atoms with Gasteiger partial charge in [0.05, 0.1) is 10.7 Å². The molecule has 2 aromatic rings. The average Bonchev–Trinajstić information content (AvgIpc) is 3.10. The summed E-state index contributed by atoms with van der Waals surface area (Å²) < 4.78 is 1.83. The Balaban J connectivity index is 1.57. The fraction of sp³-hybridized carbons (Fsp3) is 0.588. The summed E-state index contributed by atoms with van der Waals surface area (Å²) in [6.07, 6.45) is 6.54. The molecule has 0 aromatic carbocycles. The molecule has 0 unspecified atom stereocenters. The number of carbonyl (C=O) groups is 1. The van der Waals surface area contributed by atoms with Gasteiger partial charge in [-0.05, 0) is 38.7 Å². The van der Waals surface area contributed by atoms with E-state index in [1.54, 1.807) is 6.20 Å². The van der Waals surface area contributed by atoms with Gasteiger partial charge in [0.25, 0.3) is 0 Å². The van der Waals surface area contributed by atoms with E-state index in [4.69, 9.17) is 4.98 Å². The van der Waals surface area contributed by atoms with Crippen LogP contribution in [0.2, 0.25) is 0 Å². The fourth-order valence-corrected chi connectivity index (χ4v) is 4.38. The lowest BCUT2D eigenvalue weighted by Gasteiger charge is -2.26. The Kier molecular flexibility index (Phi) is 4.80. The Morgan fingerprint density at radius 3 is 3.09 bits per heavy atom. The zero-order valence-electron chi connectivity index (χ0n) is 14.1. The summed E-state index contributed by atoms with van der Waals surface area (Å²) in [7, 11) is 3.83. The van der Waals surface area contributed by atoms with Crippen LogP contribution in [0, 0.1) is 6.92 Å². The largest absolute Gasteiger partial charge is 0.345 e. The van der Waals surface area contributed by atoms with Gasteiger partial charge in [0, 0.05) is 49.7 Å². The van der Waals surface area contributed by atoms with E-state index in [9.17, 15) is 4.79 Å². The normalized spacial score (nSPS) is 17.1. The van der Waals surface area contributed by atoms with Crippen molar-refractivity contribution in [3.63, 3.8) is 0 Å². The van der Waals surface area contributed by atoms with Gasteiger partial charge in [-0.3, -0.25) is 9.48 Å². The van der Waals surface area contributed by atoms with Crippen LogP contribution in [-0.2, 0) is 24.7 Å². The van der Waals surface area contributed by atoms with Crippen molar-refractivity contribution in [3.05, 3.63) is 33.5 Å². The number of fused-ring (bicyclic) bond motifs is 1. The summed E-state index contributed by atoms with van der Waals surface area (Å²) in [5.41, 5.74) is 2.34. The zero-order chi connectivity index (χ0) is 16.4. The summed E-state index contributed by atoms with van der Waals surface area (Å²) in [4.78, 5) is 20.4. The highest BCUT2D eigenvalue weighted by Crippen LogP contribution is 2.34. The van der Waals surface area contributed by atoms with Crippen LogP contribution in [0.1, 0.15) is 46.5 Å². The summed E-state index contributed by atoms with van der Waals surface area (Å²) in [5, 5.41) is 5.29. The van der Waals surface area contributed by atoms with Crippen molar-refractivity contribution in [3.8, 4) is 0 Å². The number of nitrogens with zero attached hydrogens (tertiary/aromatic N) is 4. The van der Waals surface area contributed by atoms with E-state index >= 15 is 0 Å². The number of amides is 1. The lowest BCUT2D eigenvalue weighted by molar-refractivity contribution is -0.130. The second-order valence-corrected chi connectivity index (χ2v) is 7.64. The highest BCUT2D eigenvalue weighted by atomic mass is 32.1. The Morgan fingerprint density at radius 2 is 2.35 bits per heavy atom. The van der Waals surface area contributed by atoms with Gasteiger partial charge in [-0.2, -0.15) is 5.10 Å². The van der Waals surface area contributed by atoms with Crippen molar-refractivity contribution in [1.82, 2.24) is 19.7 Å². The number of aryl methyl sites for hydroxylation is 4. The first-order chi connectivity index (χ1) is 11.0. The molecule has 0 N–H and O–H groups in total. The highest BCUT2D eigenvalue weighted by Gasteiger charge is 2.26. The quantitative estimate of drug-likeness (QED) is 0.846. The Labute approximate surface area is 141 Å². The predicted molar refractivity (Wildman–Crippen MR) is 91.7 cm³/mol. The lowest BCUT2D eigenvalue weighted by Crippen LogP contribution is -2.32. The van der Waals surface area contributed by atoms with Gasteiger partial charge in [-0.15, -0.1) is 11.3 Å². The number of hydrogen-bond acceptors (Lipinski definition) is 4. The molecule has 2 aromatic heterocycles. The van der Waals surface area contributed by atoms with Gasteiger partial charge in [-0.25, -0.2) is 4.98 Å². The molecular formula is C17H24N4OS. The number of thiazole rings is 1. The maximum Gasteiger partial charge on any atom is 0.222 e. The summed E-state index contributed by atoms with van der Waals surface area (Å²) >= 11 is 1.82. The Morgan fingerprint density at radius 1 is 1.52 bits per heavy atom. The van der Waals surface area contributed by atoms with Crippen molar-refractivity contribution in [2.45, 2.75) is 44.9 Å². The maximum atomic E-state index is 12.4. The molecule has 5 nitrogen and oxygen atoms in total. The first-order valence-electron chi connectivity index (χ1n) is 8.21. The van der Waals surface area contributed by atoms with Crippen LogP contribution in [0.5, 0.6) is 0 Å². The maximum absolute atomic E-state index is 12.4. The molecule has 0 aliphatic heterocycles. The standard InChI is InChI=1S/C17H24N4OS/c1-12-19-17-13(5-4-6-15(17)23-12)11-20(2)16(22)8-7-14-9-10-18-21(14)3/h9-10,13H,4-8,11H2,1-3H3/t13-/m1/s1. The first kappa shape index (κ1) is 16.2. The summed E-state index contributed by atoms with van der Waals surface area (Å²) in [6, 6.07) is 1.97. The van der Waals surface area contributed by atoms with E-state index in [1.165, 1.54) is 17.0 Å². The molecule has 3 rings (SSSR count). The molecule has 0 saturated carbocycles. The fourth-order valence-electron chi connectivity index (χ4n) is 3.31. The molecule has 6 heteroatoms. The molecule has 0 saturated heterocycles. The predicted octanol–water partition coefficient (Wildman–Crippen LogP) is 2.70. The molecule has 2 heterocycles. The second kappa shape index (κ2) is 6.83. The molecule has 124 valence electrons. The van der Waals surface area contributed by atoms with Crippen LogP contribution < -0.4 is 0 Å². The Hall–Kier alpha value is -1.69. The minimum absolute atomic E-state index is 0.199. The third kappa shape index (κ3) is 3.63. The van der Waals surface area contributed by atoms with E-state index in [2.05, 4.69) is 12.0 Å². The highest BCUT2D eigenvalue weighted by molar-refractivity contribution is 7.11. The molecule has 23 heavy (non-hydrogen) atoms. The average molecular weight is 332 g/mol. The molecular weight excluding hydrogens is 308 g/mol. The van der Waals surface area contributed by atoms with E-state index < -0.39 is 0 Å². The van der Waals surface area contributed by atoms with Crippen molar-refractivity contribution in [2.24, 2.45) is 7.05 Å². The number of likely N-dealkylation sites (N-methyl/N-ethyl adjacent to an activating group) is 1. The monoisotopic (exact) mass is 332 g/mol. The SMILES string of the molecule is Cc1nc2c(s1)CCC[C@@H]2CN(C)C(=O)CCc1ccnn1C. The van der Waals surface area contributed by atoms with Gasteiger partial charge in [0.2, 0.25) is 5.91 Å². The first-order valence-corrected chi connectivity index (χ1v) is 9.03. The van der Waals surface area contributed by atoms with Crippen LogP contribution in [0.3, 0.4) is 0 Å². The topological polar surface area (TPSA) is 51.0 Å². The minimum Gasteiger partial charge on any atom is -0.345 e. The second-order valence-electron chi connectivity index (χ2n) is 6.35. The van der Waals surface area contributed by atoms with Gasteiger partial charge in [0.1, 0.15) is 0 Å². The van der Waals surface area contributed by atoms with E-state index in [-0.39, 0.29) is 5.91 Å². The van der Waals surface area contributed by atoms with Gasteiger partial charge >= 0.3 is 0 Å². The van der Waals surface area contributed by atoms with Crippen molar-refractivity contribution >= 4 is 17.2 Å². The molecule has 0 spiro atoms. The minimum atomic E-state index is 0.199. The number of carbonyl (C=O) groups excluding carboxylic acids is 1. The van der Waals surface area contributed by atoms with Gasteiger partial charge in [0.15, 0.2) is 0 Å². The van der Waals surface area contributed by atoms with Crippen molar-refractivity contribution in [1.29, 1.82) is 0 Å². The van der Waals surface area contributed by atoms with E-state index in [0.29, 0.717) is 12.3 Å². The lowest BCUT2D eigenvalue weighted by atomic mass is 9.90. The smallest absolute Gasteiger partial charge is 0.222 e. The molecule has 1 aliphatic carbocycles. The number of hydrogen-bond donors (Lipinski definition) is 0. The summed E-state index contributed by atoms with van der Waals surface area (Å²) in [5.74, 6) is 0.597. The molecule has 1 atom stereocenters. The molecule has 0 fully saturated rings. The molecule has 0 radical (unpaired) electrons. The molecule has 1 amide bonds. The van der Waals surface area contributed by atoms with E-state index in [0.717, 1.165) is 36.5 Å². The van der Waals surface area contributed by atoms with Crippen LogP contribution in [0.4, 0.5) is 0 Å². The van der Waals surface area contributed by atoms with Crippen LogP contribution in [0.25, 0.3) is 0 Å². The summed E-state index contributed by atoms with van der Waals surface area (Å²) in [6.45, 7) is 2.85. The number of aromatic nitrogens is 3. The van der Waals surface area contributed by atoms with Crippen LogP contribution >= 0.6 is 11.3 Å². The molecule has 0 bridgehead atoms. The van der Waals surface area contributed by atoms with Crippen LogP contribution in [-0.4, -0.2) is 39.2 Å². The number of rotatable bonds is 5. The van der Waals surface area contributed by atoms with Crippen LogP contribution in [0.15, 0.2) is 12.3 Å². The van der Waals surface area contributed by atoms with Gasteiger partial charge in [-0.1, -0.05) is 0 Å². The zero-order valence-corrected chi connectivity index (χ0v) is 14.9. The van der Waals surface area contributed by atoms with Crippen molar-refractivity contribution in [2.75, 3.05) is 13.6 Å². The third-order valence-electron chi connectivity index (χ3n) is 4.62. The third-order valence-corrected chi connectivity index (χ3v) is 5.66. The Bertz CT molecular complexity index is 691. The van der Waals surface area contributed by atoms with E-state index in [1.807, 2.05) is 41.1 Å².